The van der Waals surface area contributed by atoms with Gasteiger partial charge >= 0.3 is 0 Å². The summed E-state index contributed by atoms with van der Waals surface area (Å²) < 4.78 is 2.57. The molecule has 1 atom stereocenters. The van der Waals surface area contributed by atoms with E-state index in [0.29, 0.717) is 5.57 Å². The monoisotopic (exact) mass is 414 g/mol. The Balaban J connectivity index is 1.62. The molecule has 0 spiro atoms. The summed E-state index contributed by atoms with van der Waals surface area (Å²) in [4.78, 5) is 0. The predicted octanol–water partition coefficient (Wildman–Crippen LogP) is 7.48. The highest BCUT2D eigenvalue weighted by Crippen LogP contribution is 2.42. The third-order valence-electron chi connectivity index (χ3n) is 5.97. The van der Waals surface area contributed by atoms with Gasteiger partial charge in [0, 0.05) is 20.2 Å². The van der Waals surface area contributed by atoms with Crippen LogP contribution in [0.2, 0.25) is 0 Å². The van der Waals surface area contributed by atoms with Crippen LogP contribution in [0.4, 0.5) is 0 Å². The van der Waals surface area contributed by atoms with Gasteiger partial charge in [-0.3, -0.25) is 0 Å². The Hall–Kier alpha value is -3.87. The van der Waals surface area contributed by atoms with Crippen molar-refractivity contribution in [2.75, 3.05) is 0 Å². The molecule has 2 heterocycles. The number of hydrogen-bond acceptors (Lipinski definition) is 3. The molecule has 1 aromatic heterocycles. The van der Waals surface area contributed by atoms with Gasteiger partial charge in [-0.15, -0.1) is 11.3 Å². The molecule has 4 aromatic carbocycles. The first-order valence-corrected chi connectivity index (χ1v) is 11.1. The van der Waals surface area contributed by atoms with Crippen LogP contribution in [0.5, 0.6) is 0 Å². The number of fused-ring (bicyclic) bond motifs is 5. The molecule has 1 aliphatic rings. The van der Waals surface area contributed by atoms with Crippen molar-refractivity contribution in [3.63, 3.8) is 0 Å². The van der Waals surface area contributed by atoms with Crippen LogP contribution in [0, 0.1) is 11.3 Å². The van der Waals surface area contributed by atoms with Crippen molar-refractivity contribution in [2.24, 2.45) is 0 Å². The Labute approximate surface area is 184 Å². The Bertz CT molecular complexity index is 1570. The van der Waals surface area contributed by atoms with Gasteiger partial charge in [-0.05, 0) is 57.9 Å². The average Bonchev–Trinajstić information content (AvgIpc) is 3.22. The lowest BCUT2D eigenvalue weighted by Crippen LogP contribution is -2.16. The molecule has 0 bridgehead atoms. The SMILES string of the molecule is N#CC1=CC(c2cc3sc4cc(-c5ccccc5)ccc4c3c3ccccc23)NC=C1. The number of nitrogens with zero attached hydrogens (tertiary/aromatic N) is 1. The molecule has 0 radical (unpaired) electrons. The molecule has 1 N–H and O–H groups in total. The fourth-order valence-corrected chi connectivity index (χ4v) is 5.72. The summed E-state index contributed by atoms with van der Waals surface area (Å²) in [5, 5.41) is 17.9. The Kier molecular flexibility index (Phi) is 4.12. The van der Waals surface area contributed by atoms with E-state index in [-0.39, 0.29) is 6.04 Å². The minimum atomic E-state index is -0.0148. The van der Waals surface area contributed by atoms with Crippen LogP contribution < -0.4 is 5.32 Å². The Morgan fingerprint density at radius 1 is 0.774 bits per heavy atom. The summed E-state index contributed by atoms with van der Waals surface area (Å²) in [7, 11) is 0. The minimum absolute atomic E-state index is 0.0148. The molecule has 31 heavy (non-hydrogen) atoms. The van der Waals surface area contributed by atoms with Gasteiger partial charge in [0.1, 0.15) is 0 Å². The lowest BCUT2D eigenvalue weighted by molar-refractivity contribution is 0.749. The van der Waals surface area contributed by atoms with E-state index in [1.165, 1.54) is 47.6 Å². The van der Waals surface area contributed by atoms with Crippen LogP contribution in [-0.4, -0.2) is 0 Å². The van der Waals surface area contributed by atoms with E-state index in [4.69, 9.17) is 0 Å². The number of allylic oxidation sites excluding steroid dienone is 2. The summed E-state index contributed by atoms with van der Waals surface area (Å²) >= 11 is 1.84. The largest absolute Gasteiger partial charge is 0.380 e. The van der Waals surface area contributed by atoms with Gasteiger partial charge in [0.05, 0.1) is 17.7 Å². The number of thiophene rings is 1. The second-order valence-electron chi connectivity index (χ2n) is 7.78. The first-order chi connectivity index (χ1) is 15.3. The molecule has 0 saturated carbocycles. The second-order valence-corrected chi connectivity index (χ2v) is 8.86. The van der Waals surface area contributed by atoms with Crippen LogP contribution >= 0.6 is 11.3 Å². The van der Waals surface area contributed by atoms with E-state index in [0.717, 1.165) is 0 Å². The molecule has 2 nitrogen and oxygen atoms in total. The second kappa shape index (κ2) is 7.12. The Morgan fingerprint density at radius 3 is 2.42 bits per heavy atom. The van der Waals surface area contributed by atoms with Gasteiger partial charge in [-0.25, -0.2) is 0 Å². The zero-order chi connectivity index (χ0) is 20.8. The molecule has 0 fully saturated rings. The summed E-state index contributed by atoms with van der Waals surface area (Å²) in [5.41, 5.74) is 4.37. The zero-order valence-corrected chi connectivity index (χ0v) is 17.5. The van der Waals surface area contributed by atoms with Crippen LogP contribution in [-0.2, 0) is 0 Å². The number of dihydropyridines is 1. The highest BCUT2D eigenvalue weighted by molar-refractivity contribution is 7.26. The van der Waals surface area contributed by atoms with Crippen LogP contribution in [0.25, 0.3) is 42.1 Å². The molecule has 1 unspecified atom stereocenters. The van der Waals surface area contributed by atoms with Crippen molar-refractivity contribution in [3.8, 4) is 17.2 Å². The normalized spacial score (nSPS) is 15.7. The molecule has 146 valence electrons. The number of nitriles is 1. The topological polar surface area (TPSA) is 35.8 Å². The smallest absolute Gasteiger partial charge is 0.0989 e. The molecular weight excluding hydrogens is 396 g/mol. The van der Waals surface area contributed by atoms with Crippen LogP contribution in [0.15, 0.2) is 103 Å². The fraction of sp³-hybridized carbons (Fsp3) is 0.0357. The van der Waals surface area contributed by atoms with Crippen molar-refractivity contribution < 1.29 is 0 Å². The molecule has 3 heteroatoms. The summed E-state index contributed by atoms with van der Waals surface area (Å²) in [6, 6.07) is 30.5. The molecular formula is C28H18N2S. The van der Waals surface area contributed by atoms with Gasteiger partial charge in [0.15, 0.2) is 0 Å². The first-order valence-electron chi connectivity index (χ1n) is 10.3. The number of benzene rings is 4. The fourth-order valence-electron chi connectivity index (χ4n) is 4.51. The van der Waals surface area contributed by atoms with Crippen molar-refractivity contribution in [3.05, 3.63) is 108 Å². The Morgan fingerprint density at radius 2 is 1.58 bits per heavy atom. The van der Waals surface area contributed by atoms with Crippen LogP contribution in [0.1, 0.15) is 11.6 Å². The van der Waals surface area contributed by atoms with Crippen molar-refractivity contribution in [1.29, 1.82) is 5.26 Å². The number of hydrogen-bond donors (Lipinski definition) is 1. The van der Waals surface area contributed by atoms with Gasteiger partial charge in [-0.2, -0.15) is 5.26 Å². The maximum atomic E-state index is 9.36. The molecule has 1 aliphatic heterocycles. The van der Waals surface area contributed by atoms with Crippen molar-refractivity contribution in [2.45, 2.75) is 6.04 Å². The third-order valence-corrected chi connectivity index (χ3v) is 7.07. The summed E-state index contributed by atoms with van der Waals surface area (Å²) in [5.74, 6) is 0. The summed E-state index contributed by atoms with van der Waals surface area (Å²) in [6.45, 7) is 0. The van der Waals surface area contributed by atoms with Gasteiger partial charge in [0.2, 0.25) is 0 Å². The van der Waals surface area contributed by atoms with E-state index in [2.05, 4.69) is 90.2 Å². The highest BCUT2D eigenvalue weighted by Gasteiger charge is 2.18. The van der Waals surface area contributed by atoms with Gasteiger partial charge in [0.25, 0.3) is 0 Å². The molecule has 0 amide bonds. The standard InChI is InChI=1S/C28H18N2S/c29-17-18-12-13-30-25(14-18)24-16-27-28(22-9-5-4-8-21(22)24)23-11-10-20(15-26(23)31-27)19-6-2-1-3-7-19/h1-16,25,30H. The van der Waals surface area contributed by atoms with Crippen LogP contribution in [0.3, 0.4) is 0 Å². The van der Waals surface area contributed by atoms with E-state index < -0.39 is 0 Å². The highest BCUT2D eigenvalue weighted by atomic mass is 32.1. The van der Waals surface area contributed by atoms with Crippen molar-refractivity contribution in [1.82, 2.24) is 5.32 Å². The molecule has 5 aromatic rings. The zero-order valence-electron chi connectivity index (χ0n) is 16.7. The van der Waals surface area contributed by atoms with E-state index in [1.54, 1.807) is 0 Å². The lowest BCUT2D eigenvalue weighted by Gasteiger charge is -2.20. The van der Waals surface area contributed by atoms with Crippen molar-refractivity contribution >= 4 is 42.3 Å². The van der Waals surface area contributed by atoms with E-state index in [9.17, 15) is 5.26 Å². The average molecular weight is 415 g/mol. The molecule has 6 rings (SSSR count). The van der Waals surface area contributed by atoms with Gasteiger partial charge < -0.3 is 5.32 Å². The maximum absolute atomic E-state index is 9.36. The number of nitrogens with one attached hydrogen (secondary N) is 1. The number of rotatable bonds is 2. The minimum Gasteiger partial charge on any atom is -0.380 e. The maximum Gasteiger partial charge on any atom is 0.0989 e. The molecule has 0 saturated heterocycles. The lowest BCUT2D eigenvalue weighted by atomic mass is 9.93. The van der Waals surface area contributed by atoms with E-state index >= 15 is 0 Å². The third kappa shape index (κ3) is 2.92. The first kappa shape index (κ1) is 17.9. The quantitative estimate of drug-likeness (QED) is 0.325. The van der Waals surface area contributed by atoms with E-state index in [1.807, 2.05) is 29.7 Å². The van der Waals surface area contributed by atoms with Gasteiger partial charge in [-0.1, -0.05) is 66.7 Å². The molecule has 0 aliphatic carbocycles. The predicted molar refractivity (Wildman–Crippen MR) is 131 cm³/mol. The summed E-state index contributed by atoms with van der Waals surface area (Å²) in [6.07, 6.45) is 5.70.